The first kappa shape index (κ1) is 23.8. The van der Waals surface area contributed by atoms with E-state index in [9.17, 15) is 0 Å². The van der Waals surface area contributed by atoms with Crippen molar-refractivity contribution in [2.24, 2.45) is 4.99 Å². The van der Waals surface area contributed by atoms with E-state index >= 15 is 0 Å². The van der Waals surface area contributed by atoms with Crippen LogP contribution in [0.2, 0.25) is 0 Å². The van der Waals surface area contributed by atoms with Gasteiger partial charge in [-0.2, -0.15) is 0 Å². The lowest BCUT2D eigenvalue weighted by molar-refractivity contribution is 0.172. The van der Waals surface area contributed by atoms with Crippen molar-refractivity contribution in [3.05, 3.63) is 35.9 Å². The number of aromatic nitrogens is 3. The molecule has 1 N–H and O–H groups in total. The molecule has 0 spiro atoms. The molecule has 2 aromatic rings. The van der Waals surface area contributed by atoms with E-state index in [4.69, 9.17) is 14.5 Å². The van der Waals surface area contributed by atoms with E-state index in [1.165, 1.54) is 5.56 Å². The Kier molecular flexibility index (Phi) is 9.15. The van der Waals surface area contributed by atoms with Crippen LogP contribution in [0.15, 0.2) is 29.5 Å². The Morgan fingerprint density at radius 3 is 2.56 bits per heavy atom. The van der Waals surface area contributed by atoms with Gasteiger partial charge < -0.3 is 24.3 Å². The standard InChI is InChI=1S/C23H37N7O2/c1-5-9-24-23(25-10-11-30-18-26-27-22(30)6-2)29-14-12-28(13-15-29)17-19-7-8-20(31-3)21(16-19)32-4/h7-8,16,18H,5-6,9-15,17H2,1-4H3,(H,24,25). The molecule has 3 rings (SSSR count). The highest BCUT2D eigenvalue weighted by molar-refractivity contribution is 5.80. The largest absolute Gasteiger partial charge is 0.493 e. The maximum absolute atomic E-state index is 5.45. The van der Waals surface area contributed by atoms with E-state index in [0.29, 0.717) is 0 Å². The molecule has 1 aromatic carbocycles. The smallest absolute Gasteiger partial charge is 0.194 e. The summed E-state index contributed by atoms with van der Waals surface area (Å²) >= 11 is 0. The number of hydrogen-bond acceptors (Lipinski definition) is 6. The molecule has 9 nitrogen and oxygen atoms in total. The summed E-state index contributed by atoms with van der Waals surface area (Å²) in [6, 6.07) is 6.15. The molecule has 0 radical (unpaired) electrons. The zero-order chi connectivity index (χ0) is 22.8. The fourth-order valence-electron chi connectivity index (χ4n) is 3.87. The first-order valence-corrected chi connectivity index (χ1v) is 11.5. The number of piperazine rings is 1. The topological polar surface area (TPSA) is 80.0 Å². The Hall–Kier alpha value is -2.81. The second-order valence-corrected chi connectivity index (χ2v) is 7.88. The van der Waals surface area contributed by atoms with Gasteiger partial charge in [0.05, 0.1) is 14.2 Å². The quantitative estimate of drug-likeness (QED) is 0.445. The number of aryl methyl sites for hydroxylation is 1. The zero-order valence-electron chi connectivity index (χ0n) is 19.9. The van der Waals surface area contributed by atoms with E-state index in [0.717, 1.165) is 88.5 Å². The van der Waals surface area contributed by atoms with Gasteiger partial charge in [0.15, 0.2) is 17.5 Å². The zero-order valence-corrected chi connectivity index (χ0v) is 19.9. The van der Waals surface area contributed by atoms with Gasteiger partial charge in [-0.25, -0.2) is 0 Å². The molecule has 1 saturated heterocycles. The van der Waals surface area contributed by atoms with E-state index in [-0.39, 0.29) is 0 Å². The molecular weight excluding hydrogens is 406 g/mol. The molecule has 32 heavy (non-hydrogen) atoms. The molecule has 0 amide bonds. The molecule has 1 fully saturated rings. The van der Waals surface area contributed by atoms with Crippen LogP contribution in [0.3, 0.4) is 0 Å². The van der Waals surface area contributed by atoms with Crippen LogP contribution in [0.25, 0.3) is 0 Å². The molecule has 2 heterocycles. The van der Waals surface area contributed by atoms with Gasteiger partial charge in [0.25, 0.3) is 0 Å². The predicted octanol–water partition coefficient (Wildman–Crippen LogP) is 2.03. The number of benzene rings is 1. The van der Waals surface area contributed by atoms with Crippen molar-refractivity contribution in [1.82, 2.24) is 29.9 Å². The molecule has 0 saturated carbocycles. The molecule has 1 aliphatic rings. The molecule has 0 aliphatic carbocycles. The Morgan fingerprint density at radius 1 is 1.09 bits per heavy atom. The normalized spacial score (nSPS) is 15.1. The van der Waals surface area contributed by atoms with Crippen LogP contribution in [0.4, 0.5) is 0 Å². The predicted molar refractivity (Wildman–Crippen MR) is 126 cm³/mol. The van der Waals surface area contributed by atoms with Crippen molar-refractivity contribution in [1.29, 1.82) is 0 Å². The fourth-order valence-corrected chi connectivity index (χ4v) is 3.87. The number of hydrogen-bond donors (Lipinski definition) is 1. The lowest BCUT2D eigenvalue weighted by Gasteiger charge is -2.36. The van der Waals surface area contributed by atoms with E-state index < -0.39 is 0 Å². The summed E-state index contributed by atoms with van der Waals surface area (Å²) in [5.41, 5.74) is 1.23. The summed E-state index contributed by atoms with van der Waals surface area (Å²) < 4.78 is 12.9. The van der Waals surface area contributed by atoms with Crippen molar-refractivity contribution in [2.75, 3.05) is 53.5 Å². The van der Waals surface area contributed by atoms with Crippen molar-refractivity contribution < 1.29 is 9.47 Å². The van der Waals surface area contributed by atoms with Crippen LogP contribution >= 0.6 is 0 Å². The summed E-state index contributed by atoms with van der Waals surface area (Å²) in [4.78, 5) is 9.66. The van der Waals surface area contributed by atoms with E-state index in [2.05, 4.69) is 55.9 Å². The number of nitrogens with one attached hydrogen (secondary N) is 1. The van der Waals surface area contributed by atoms with Gasteiger partial charge in [-0.1, -0.05) is 19.9 Å². The number of rotatable bonds is 10. The van der Waals surface area contributed by atoms with Gasteiger partial charge in [0.2, 0.25) is 0 Å². The molecule has 0 bridgehead atoms. The maximum Gasteiger partial charge on any atom is 0.194 e. The minimum atomic E-state index is 0.765. The summed E-state index contributed by atoms with van der Waals surface area (Å²) in [6.45, 7) is 11.5. The van der Waals surface area contributed by atoms with Gasteiger partial charge in [0.1, 0.15) is 12.2 Å². The van der Waals surface area contributed by atoms with Gasteiger partial charge in [-0.05, 0) is 24.1 Å². The second kappa shape index (κ2) is 12.3. The van der Waals surface area contributed by atoms with Crippen LogP contribution in [0, 0.1) is 0 Å². The van der Waals surface area contributed by atoms with Gasteiger partial charge in [-0.3, -0.25) is 9.89 Å². The number of methoxy groups -OCH3 is 2. The monoisotopic (exact) mass is 443 g/mol. The van der Waals surface area contributed by atoms with Crippen LogP contribution in [-0.4, -0.2) is 84.0 Å². The number of nitrogens with zero attached hydrogens (tertiary/aromatic N) is 6. The van der Waals surface area contributed by atoms with Crippen molar-refractivity contribution >= 4 is 5.96 Å². The second-order valence-electron chi connectivity index (χ2n) is 7.88. The minimum absolute atomic E-state index is 0.765. The summed E-state index contributed by atoms with van der Waals surface area (Å²) in [6.07, 6.45) is 3.73. The molecule has 1 aromatic heterocycles. The number of aliphatic imine (C=N–C) groups is 1. The number of guanidine groups is 1. The summed E-state index contributed by atoms with van der Waals surface area (Å²) in [7, 11) is 3.34. The lowest BCUT2D eigenvalue weighted by atomic mass is 10.1. The lowest BCUT2D eigenvalue weighted by Crippen LogP contribution is -2.52. The third-order valence-corrected chi connectivity index (χ3v) is 5.66. The minimum Gasteiger partial charge on any atom is -0.493 e. The molecule has 0 unspecified atom stereocenters. The van der Waals surface area contributed by atoms with Crippen LogP contribution in [-0.2, 0) is 19.5 Å². The third-order valence-electron chi connectivity index (χ3n) is 5.66. The van der Waals surface area contributed by atoms with E-state index in [1.807, 2.05) is 6.07 Å². The first-order valence-electron chi connectivity index (χ1n) is 11.5. The fraction of sp³-hybridized carbons (Fsp3) is 0.609. The molecule has 176 valence electrons. The highest BCUT2D eigenvalue weighted by atomic mass is 16.5. The number of ether oxygens (including phenoxy) is 2. The molecular formula is C23H37N7O2. The Bertz CT molecular complexity index is 860. The summed E-state index contributed by atoms with van der Waals surface area (Å²) in [5.74, 6) is 3.56. The van der Waals surface area contributed by atoms with Crippen LogP contribution in [0.1, 0.15) is 31.7 Å². The van der Waals surface area contributed by atoms with Gasteiger partial charge in [0, 0.05) is 58.8 Å². The maximum atomic E-state index is 5.45. The highest BCUT2D eigenvalue weighted by Gasteiger charge is 2.20. The van der Waals surface area contributed by atoms with Crippen molar-refractivity contribution in [3.8, 4) is 11.5 Å². The molecule has 9 heteroatoms. The van der Waals surface area contributed by atoms with Crippen LogP contribution in [0.5, 0.6) is 11.5 Å². The van der Waals surface area contributed by atoms with Crippen molar-refractivity contribution in [3.63, 3.8) is 0 Å². The average Bonchev–Trinajstić information content (AvgIpc) is 3.29. The Balaban J connectivity index is 1.52. The first-order chi connectivity index (χ1) is 15.7. The van der Waals surface area contributed by atoms with E-state index in [1.54, 1.807) is 20.5 Å². The Labute approximate surface area is 191 Å². The van der Waals surface area contributed by atoms with Crippen molar-refractivity contribution in [2.45, 2.75) is 39.8 Å². The average molecular weight is 444 g/mol. The summed E-state index contributed by atoms with van der Waals surface area (Å²) in [5, 5.41) is 11.7. The Morgan fingerprint density at radius 2 is 1.88 bits per heavy atom. The van der Waals surface area contributed by atoms with Gasteiger partial charge in [-0.15, -0.1) is 10.2 Å². The molecule has 0 atom stereocenters. The highest BCUT2D eigenvalue weighted by Crippen LogP contribution is 2.28. The van der Waals surface area contributed by atoms with Gasteiger partial charge >= 0.3 is 0 Å². The molecule has 1 aliphatic heterocycles. The SMILES string of the molecule is CCCN=C(NCCn1cnnc1CC)N1CCN(Cc2ccc(OC)c(OC)c2)CC1. The van der Waals surface area contributed by atoms with Crippen LogP contribution < -0.4 is 14.8 Å². The third kappa shape index (κ3) is 6.35.